The highest BCUT2D eigenvalue weighted by Gasteiger charge is 2.32. The molecule has 1 aromatic rings. The van der Waals surface area contributed by atoms with Gasteiger partial charge in [0.05, 0.1) is 0 Å². The van der Waals surface area contributed by atoms with Crippen LogP contribution < -0.4 is 10.6 Å². The maximum atomic E-state index is 12.2. The van der Waals surface area contributed by atoms with Gasteiger partial charge in [-0.05, 0) is 43.4 Å². The molecule has 2 atom stereocenters. The van der Waals surface area contributed by atoms with E-state index in [-0.39, 0.29) is 12.1 Å². The maximum absolute atomic E-state index is 12.2. The van der Waals surface area contributed by atoms with Crippen LogP contribution in [-0.2, 0) is 9.53 Å². The van der Waals surface area contributed by atoms with Crippen LogP contribution >= 0.6 is 24.0 Å². The Morgan fingerprint density at radius 3 is 2.62 bits per heavy atom. The lowest BCUT2D eigenvalue weighted by molar-refractivity contribution is -0.142. The summed E-state index contributed by atoms with van der Waals surface area (Å²) in [5, 5.41) is 6.07. The van der Waals surface area contributed by atoms with E-state index in [1.54, 1.807) is 24.3 Å². The number of hydrogen-bond acceptors (Lipinski definition) is 4. The molecule has 0 spiro atoms. The number of carbonyl (C=O) groups is 1. The van der Waals surface area contributed by atoms with Crippen LogP contribution in [0.15, 0.2) is 29.2 Å². The third kappa shape index (κ3) is 4.82. The summed E-state index contributed by atoms with van der Waals surface area (Å²) in [6, 6.07) is 6.00. The fraction of sp³-hybridized carbons (Fsp3) is 0.385. The molecule has 1 heterocycles. The van der Waals surface area contributed by atoms with E-state index in [2.05, 4.69) is 10.6 Å². The largest absolute Gasteiger partial charge is 0.461 e. The molecule has 2 N–H and O–H groups in total. The first kappa shape index (κ1) is 16.0. The maximum Gasteiger partial charge on any atom is 0.329 e. The lowest BCUT2D eigenvalue weighted by atomic mass is 10.2. The molecule has 1 aliphatic heterocycles. The highest BCUT2D eigenvalue weighted by atomic mass is 32.2. The molecule has 8 heteroatoms. The van der Waals surface area contributed by atoms with Crippen LogP contribution in [0.1, 0.15) is 13.3 Å². The number of ether oxygens (including phenoxy) is 1. The first-order valence-electron chi connectivity index (χ1n) is 6.27. The van der Waals surface area contributed by atoms with Gasteiger partial charge in [-0.2, -0.15) is 8.78 Å². The molecule has 1 aromatic carbocycles. The Balaban J connectivity index is 1.86. The standard InChI is InChI=1S/C13H14F2N2O2S2/c1-7-6-10(11(18)19-7)17-13(20)16-8-2-4-9(5-3-8)21-12(14)15/h2-5,7,10,12H,6H2,1H3,(H2,16,17,20)/t7-,10-/m0/s1. The minimum atomic E-state index is -2.44. The summed E-state index contributed by atoms with van der Waals surface area (Å²) < 4.78 is 29.4. The number of anilines is 1. The quantitative estimate of drug-likeness (QED) is 0.502. The third-order valence-corrected chi connectivity index (χ3v) is 3.75. The highest BCUT2D eigenvalue weighted by molar-refractivity contribution is 7.99. The molecule has 0 aliphatic carbocycles. The van der Waals surface area contributed by atoms with Crippen molar-refractivity contribution in [2.24, 2.45) is 0 Å². The third-order valence-electron chi connectivity index (χ3n) is 2.81. The van der Waals surface area contributed by atoms with Crippen molar-refractivity contribution in [3.63, 3.8) is 0 Å². The Morgan fingerprint density at radius 1 is 1.43 bits per heavy atom. The van der Waals surface area contributed by atoms with Crippen molar-refractivity contribution in [2.45, 2.75) is 36.1 Å². The van der Waals surface area contributed by atoms with Gasteiger partial charge in [-0.25, -0.2) is 4.79 Å². The van der Waals surface area contributed by atoms with Gasteiger partial charge in [0.2, 0.25) is 0 Å². The molecule has 4 nitrogen and oxygen atoms in total. The molecule has 1 fully saturated rings. The van der Waals surface area contributed by atoms with Gasteiger partial charge < -0.3 is 15.4 Å². The van der Waals surface area contributed by atoms with Crippen molar-refractivity contribution in [1.29, 1.82) is 0 Å². The predicted molar refractivity (Wildman–Crippen MR) is 81.6 cm³/mol. The molecule has 21 heavy (non-hydrogen) atoms. The minimum absolute atomic E-state index is 0.122. The van der Waals surface area contributed by atoms with E-state index in [1.165, 1.54) is 0 Å². The van der Waals surface area contributed by atoms with E-state index in [0.717, 1.165) is 0 Å². The number of thioether (sulfide) groups is 1. The van der Waals surface area contributed by atoms with Gasteiger partial charge in [0.1, 0.15) is 12.1 Å². The normalized spacial score (nSPS) is 21.2. The van der Waals surface area contributed by atoms with Gasteiger partial charge in [0.15, 0.2) is 5.11 Å². The van der Waals surface area contributed by atoms with Crippen LogP contribution in [-0.4, -0.2) is 29.0 Å². The number of halogens is 2. The van der Waals surface area contributed by atoms with E-state index in [0.29, 0.717) is 33.9 Å². The fourth-order valence-corrected chi connectivity index (χ4v) is 2.68. The molecule has 1 saturated heterocycles. The van der Waals surface area contributed by atoms with Gasteiger partial charge >= 0.3 is 5.97 Å². The van der Waals surface area contributed by atoms with E-state index >= 15 is 0 Å². The zero-order chi connectivity index (χ0) is 15.4. The Labute approximate surface area is 130 Å². The molecule has 2 rings (SSSR count). The summed E-state index contributed by atoms with van der Waals surface area (Å²) in [4.78, 5) is 11.9. The molecule has 0 amide bonds. The highest BCUT2D eigenvalue weighted by Crippen LogP contribution is 2.26. The van der Waals surface area contributed by atoms with Crippen molar-refractivity contribution in [3.8, 4) is 0 Å². The molecule has 0 saturated carbocycles. The summed E-state index contributed by atoms with van der Waals surface area (Å²) in [6.07, 6.45) is 0.438. The van der Waals surface area contributed by atoms with Crippen molar-refractivity contribution in [3.05, 3.63) is 24.3 Å². The number of cyclic esters (lactones) is 1. The van der Waals surface area contributed by atoms with Gasteiger partial charge in [-0.1, -0.05) is 11.8 Å². The average molecular weight is 332 g/mol. The number of benzene rings is 1. The number of esters is 1. The Kier molecular flexibility index (Phi) is 5.35. The molecule has 114 valence electrons. The van der Waals surface area contributed by atoms with Crippen molar-refractivity contribution in [2.75, 3.05) is 5.32 Å². The van der Waals surface area contributed by atoms with Crippen LogP contribution in [0.5, 0.6) is 0 Å². The SMILES string of the molecule is C[C@H]1C[C@H](NC(=S)Nc2ccc(SC(F)F)cc2)C(=O)O1. The summed E-state index contributed by atoms with van der Waals surface area (Å²) in [7, 11) is 0. The molecule has 0 unspecified atom stereocenters. The smallest absolute Gasteiger partial charge is 0.329 e. The number of carbonyl (C=O) groups excluding carboxylic acids is 1. The lowest BCUT2D eigenvalue weighted by Crippen LogP contribution is -2.40. The van der Waals surface area contributed by atoms with Crippen LogP contribution in [0.25, 0.3) is 0 Å². The van der Waals surface area contributed by atoms with Crippen molar-refractivity contribution < 1.29 is 18.3 Å². The second-order valence-corrected chi connectivity index (χ2v) is 6.01. The Hall–Kier alpha value is -1.41. The van der Waals surface area contributed by atoms with E-state index in [4.69, 9.17) is 17.0 Å². The molecule has 0 radical (unpaired) electrons. The lowest BCUT2D eigenvalue weighted by Gasteiger charge is -2.13. The van der Waals surface area contributed by atoms with Crippen LogP contribution in [0.2, 0.25) is 0 Å². The number of nitrogens with one attached hydrogen (secondary N) is 2. The van der Waals surface area contributed by atoms with E-state index in [9.17, 15) is 13.6 Å². The first-order valence-corrected chi connectivity index (χ1v) is 7.55. The van der Waals surface area contributed by atoms with Crippen LogP contribution in [0.3, 0.4) is 0 Å². The topological polar surface area (TPSA) is 50.4 Å². The molecular weight excluding hydrogens is 318 g/mol. The summed E-state index contributed by atoms with van der Waals surface area (Å²) in [6.45, 7) is 1.81. The molecule has 0 aromatic heterocycles. The van der Waals surface area contributed by atoms with Gasteiger partial charge in [0.25, 0.3) is 5.76 Å². The number of alkyl halides is 2. The number of rotatable bonds is 4. The Bertz CT molecular complexity index is 525. The van der Waals surface area contributed by atoms with Crippen molar-refractivity contribution in [1.82, 2.24) is 5.32 Å². The number of hydrogen-bond donors (Lipinski definition) is 2. The van der Waals surface area contributed by atoms with Crippen molar-refractivity contribution >= 4 is 40.7 Å². The summed E-state index contributed by atoms with van der Waals surface area (Å²) >= 11 is 5.59. The zero-order valence-corrected chi connectivity index (χ0v) is 12.8. The molecular formula is C13H14F2N2O2S2. The zero-order valence-electron chi connectivity index (χ0n) is 11.1. The Morgan fingerprint density at radius 2 is 2.10 bits per heavy atom. The van der Waals surface area contributed by atoms with Crippen LogP contribution in [0.4, 0.5) is 14.5 Å². The number of thiocarbonyl (C=S) groups is 1. The molecule has 1 aliphatic rings. The van der Waals surface area contributed by atoms with Gasteiger partial charge in [-0.15, -0.1) is 0 Å². The monoisotopic (exact) mass is 332 g/mol. The van der Waals surface area contributed by atoms with E-state index < -0.39 is 11.8 Å². The second-order valence-electron chi connectivity index (χ2n) is 4.54. The predicted octanol–water partition coefficient (Wildman–Crippen LogP) is 2.99. The minimum Gasteiger partial charge on any atom is -0.461 e. The molecule has 0 bridgehead atoms. The summed E-state index contributed by atoms with van der Waals surface area (Å²) in [5.74, 6) is -2.77. The van der Waals surface area contributed by atoms with Gasteiger partial charge in [-0.3, -0.25) is 0 Å². The van der Waals surface area contributed by atoms with Gasteiger partial charge in [0, 0.05) is 17.0 Å². The second kappa shape index (κ2) is 7.04. The average Bonchev–Trinajstić information content (AvgIpc) is 2.69. The van der Waals surface area contributed by atoms with E-state index in [1.807, 2.05) is 6.92 Å². The van der Waals surface area contributed by atoms with Crippen LogP contribution in [0, 0.1) is 0 Å². The summed E-state index contributed by atoms with van der Waals surface area (Å²) in [5.41, 5.74) is 0.658. The fourth-order valence-electron chi connectivity index (χ4n) is 1.92. The first-order chi connectivity index (χ1) is 9.94.